The molecule has 0 aliphatic heterocycles. The number of phosphoric ester groups is 2. The molecule has 19 heteroatoms. The molecule has 0 bridgehead atoms. The number of ether oxygens (including phenoxy) is 4. The third-order valence-electron chi connectivity index (χ3n) is 17.8. The lowest BCUT2D eigenvalue weighted by Crippen LogP contribution is -2.30. The van der Waals surface area contributed by atoms with Gasteiger partial charge in [-0.25, -0.2) is 9.13 Å². The van der Waals surface area contributed by atoms with Gasteiger partial charge < -0.3 is 33.8 Å². The molecule has 0 rings (SSSR count). The third kappa shape index (κ3) is 70.3. The molecule has 5 atom stereocenters. The van der Waals surface area contributed by atoms with Crippen molar-refractivity contribution in [1.82, 2.24) is 0 Å². The number of unbranched alkanes of at least 4 members (excludes halogenated alkanes) is 48. The van der Waals surface area contributed by atoms with E-state index < -0.39 is 97.5 Å². The standard InChI is InChI=1S/C76H148O17P2/c1-6-9-12-15-18-21-24-26-27-28-29-30-31-32-33-34-36-39-42-45-52-57-62-76(81)92-71(65-86-73(78)59-54-49-43-40-38-35-25-22-19-16-13-10-7-2)67-90-94(82,83)88-63-70(77)64-89-95(84,85)91-68-72(66-87-74(79)60-55-50-47-46-48-53-58-69(4)5)93-75(80)61-56-51-44-41-37-23-20-17-14-11-8-3/h69-72,77H,6-68H2,1-5H3,(H,82,83)(H,84,85)/t70-,71-,72-/m1/s1. The van der Waals surface area contributed by atoms with E-state index in [1.54, 1.807) is 0 Å². The van der Waals surface area contributed by atoms with Crippen LogP contribution in [0.4, 0.5) is 0 Å². The first kappa shape index (κ1) is 93.1. The molecule has 0 heterocycles. The van der Waals surface area contributed by atoms with Crippen molar-refractivity contribution < 1.29 is 80.2 Å². The van der Waals surface area contributed by atoms with Crippen molar-refractivity contribution in [1.29, 1.82) is 0 Å². The van der Waals surface area contributed by atoms with Gasteiger partial charge in [-0.05, 0) is 31.6 Å². The van der Waals surface area contributed by atoms with Crippen LogP contribution in [0.25, 0.3) is 0 Å². The quantitative estimate of drug-likeness (QED) is 0.0222. The second-order valence-corrected chi connectivity index (χ2v) is 30.8. The minimum absolute atomic E-state index is 0.106. The molecule has 0 fully saturated rings. The Labute approximate surface area is 581 Å². The van der Waals surface area contributed by atoms with Gasteiger partial charge in [0.25, 0.3) is 0 Å². The lowest BCUT2D eigenvalue weighted by atomic mass is 10.0. The highest BCUT2D eigenvalue weighted by Crippen LogP contribution is 2.45. The van der Waals surface area contributed by atoms with E-state index in [4.69, 9.17) is 37.0 Å². The first-order valence-corrected chi connectivity index (χ1v) is 42.6. The minimum Gasteiger partial charge on any atom is -0.462 e. The van der Waals surface area contributed by atoms with E-state index in [9.17, 15) is 43.2 Å². The first-order chi connectivity index (χ1) is 46.0. The van der Waals surface area contributed by atoms with Crippen molar-refractivity contribution in [2.24, 2.45) is 5.92 Å². The van der Waals surface area contributed by atoms with Crippen LogP contribution in [0.5, 0.6) is 0 Å². The molecule has 0 aromatic rings. The Morgan fingerprint density at radius 3 is 0.716 bits per heavy atom. The van der Waals surface area contributed by atoms with Crippen molar-refractivity contribution in [2.75, 3.05) is 39.6 Å². The predicted molar refractivity (Wildman–Crippen MR) is 386 cm³/mol. The molecule has 0 saturated heterocycles. The van der Waals surface area contributed by atoms with Gasteiger partial charge in [-0.1, -0.05) is 349 Å². The molecule has 0 aromatic heterocycles. The number of carbonyl (C=O) groups is 4. The number of hydrogen-bond donors (Lipinski definition) is 3. The van der Waals surface area contributed by atoms with Crippen LogP contribution in [-0.4, -0.2) is 96.7 Å². The highest BCUT2D eigenvalue weighted by atomic mass is 31.2. The molecule has 0 aliphatic rings. The summed E-state index contributed by atoms with van der Waals surface area (Å²) in [6.07, 6.45) is 58.5. The maximum absolute atomic E-state index is 13.1. The van der Waals surface area contributed by atoms with Gasteiger partial charge in [0.1, 0.15) is 19.3 Å². The Kier molecular flexibility index (Phi) is 67.7. The van der Waals surface area contributed by atoms with Crippen LogP contribution in [0.3, 0.4) is 0 Å². The number of phosphoric acid groups is 2. The predicted octanol–water partition coefficient (Wildman–Crippen LogP) is 22.5. The Bertz CT molecular complexity index is 1820. The highest BCUT2D eigenvalue weighted by Gasteiger charge is 2.30. The van der Waals surface area contributed by atoms with E-state index in [0.717, 1.165) is 96.3 Å². The first-order valence-electron chi connectivity index (χ1n) is 39.6. The zero-order valence-electron chi connectivity index (χ0n) is 61.8. The number of carbonyl (C=O) groups excluding carboxylic acids is 4. The molecule has 564 valence electrons. The number of esters is 4. The number of aliphatic hydroxyl groups is 1. The van der Waals surface area contributed by atoms with Gasteiger partial charge in [0.2, 0.25) is 0 Å². The lowest BCUT2D eigenvalue weighted by Gasteiger charge is -2.21. The minimum atomic E-state index is -4.96. The molecule has 17 nitrogen and oxygen atoms in total. The van der Waals surface area contributed by atoms with Crippen molar-refractivity contribution in [3.63, 3.8) is 0 Å². The molecule has 0 radical (unpaired) electrons. The largest absolute Gasteiger partial charge is 0.472 e. The topological polar surface area (TPSA) is 237 Å². The van der Waals surface area contributed by atoms with Crippen LogP contribution in [0, 0.1) is 5.92 Å². The van der Waals surface area contributed by atoms with Gasteiger partial charge in [0.15, 0.2) is 12.2 Å². The van der Waals surface area contributed by atoms with Crippen molar-refractivity contribution in [3.05, 3.63) is 0 Å². The molecular formula is C76H148O17P2. The second kappa shape index (κ2) is 69.2. The van der Waals surface area contributed by atoms with E-state index in [2.05, 4.69) is 34.6 Å². The number of hydrogen-bond acceptors (Lipinski definition) is 15. The normalized spacial score (nSPS) is 13.9. The summed E-state index contributed by atoms with van der Waals surface area (Å²) in [6, 6.07) is 0. The van der Waals surface area contributed by atoms with E-state index in [1.165, 1.54) is 218 Å². The Morgan fingerprint density at radius 2 is 0.484 bits per heavy atom. The Morgan fingerprint density at radius 1 is 0.284 bits per heavy atom. The summed E-state index contributed by atoms with van der Waals surface area (Å²) in [5.41, 5.74) is 0. The third-order valence-corrected chi connectivity index (χ3v) is 19.7. The summed E-state index contributed by atoms with van der Waals surface area (Å²) in [7, 11) is -9.91. The maximum atomic E-state index is 13.1. The molecule has 0 aliphatic carbocycles. The fourth-order valence-corrected chi connectivity index (χ4v) is 13.3. The van der Waals surface area contributed by atoms with Gasteiger partial charge in [0, 0.05) is 25.7 Å². The summed E-state index contributed by atoms with van der Waals surface area (Å²) < 4.78 is 68.4. The van der Waals surface area contributed by atoms with Gasteiger partial charge >= 0.3 is 39.5 Å². The SMILES string of the molecule is CCCCCCCCCCCCCCCCCCCCCCCCC(=O)O[C@H](COC(=O)CCCCCCCCCCCCCCC)COP(=O)(O)OC[C@@H](O)COP(=O)(O)OC[C@@H](COC(=O)CCCCCCCCC(C)C)OC(=O)CCCCCCCCCCCCC. The maximum Gasteiger partial charge on any atom is 0.472 e. The van der Waals surface area contributed by atoms with Gasteiger partial charge in [-0.15, -0.1) is 0 Å². The highest BCUT2D eigenvalue weighted by molar-refractivity contribution is 7.47. The zero-order chi connectivity index (χ0) is 69.8. The van der Waals surface area contributed by atoms with E-state index in [1.807, 2.05) is 0 Å². The van der Waals surface area contributed by atoms with Crippen LogP contribution in [0.2, 0.25) is 0 Å². The summed E-state index contributed by atoms with van der Waals surface area (Å²) in [5.74, 6) is -1.44. The zero-order valence-corrected chi connectivity index (χ0v) is 63.6. The second-order valence-electron chi connectivity index (χ2n) is 27.9. The number of aliphatic hydroxyl groups excluding tert-OH is 1. The molecule has 0 amide bonds. The summed E-state index contributed by atoms with van der Waals surface area (Å²) in [5, 5.41) is 10.6. The van der Waals surface area contributed by atoms with Crippen LogP contribution in [0.1, 0.15) is 401 Å². The molecule has 0 saturated carbocycles. The number of rotatable bonds is 76. The van der Waals surface area contributed by atoms with E-state index in [0.29, 0.717) is 31.6 Å². The molecule has 2 unspecified atom stereocenters. The van der Waals surface area contributed by atoms with Gasteiger partial charge in [-0.2, -0.15) is 0 Å². The summed E-state index contributed by atoms with van der Waals surface area (Å²) >= 11 is 0. The van der Waals surface area contributed by atoms with Gasteiger partial charge in [0.05, 0.1) is 26.4 Å². The Hall–Kier alpha value is -1.94. The fourth-order valence-electron chi connectivity index (χ4n) is 11.7. The van der Waals surface area contributed by atoms with Crippen molar-refractivity contribution in [3.8, 4) is 0 Å². The molecular weight excluding hydrogens is 1250 g/mol. The van der Waals surface area contributed by atoms with Gasteiger partial charge in [-0.3, -0.25) is 37.3 Å². The lowest BCUT2D eigenvalue weighted by molar-refractivity contribution is -0.161. The van der Waals surface area contributed by atoms with Crippen molar-refractivity contribution >= 4 is 39.5 Å². The average Bonchev–Trinajstić information content (AvgIpc) is 1.67. The van der Waals surface area contributed by atoms with Crippen LogP contribution >= 0.6 is 15.6 Å². The molecule has 3 N–H and O–H groups in total. The molecule has 0 aromatic carbocycles. The average molecular weight is 1400 g/mol. The van der Waals surface area contributed by atoms with Crippen LogP contribution < -0.4 is 0 Å². The van der Waals surface area contributed by atoms with Crippen LogP contribution in [0.15, 0.2) is 0 Å². The van der Waals surface area contributed by atoms with Crippen molar-refractivity contribution in [2.45, 2.75) is 419 Å². The molecule has 0 spiro atoms. The smallest absolute Gasteiger partial charge is 0.462 e. The fraction of sp³-hybridized carbons (Fsp3) is 0.947. The monoisotopic (exact) mass is 1400 g/mol. The summed E-state index contributed by atoms with van der Waals surface area (Å²) in [6.45, 7) is 7.20. The summed E-state index contributed by atoms with van der Waals surface area (Å²) in [4.78, 5) is 72.7. The van der Waals surface area contributed by atoms with Crippen LogP contribution in [-0.2, 0) is 65.4 Å². The molecule has 95 heavy (non-hydrogen) atoms. The van der Waals surface area contributed by atoms with E-state index >= 15 is 0 Å². The van der Waals surface area contributed by atoms with E-state index in [-0.39, 0.29) is 25.7 Å². The Balaban J connectivity index is 5.16.